The van der Waals surface area contributed by atoms with Gasteiger partial charge in [-0.3, -0.25) is 4.79 Å². The summed E-state index contributed by atoms with van der Waals surface area (Å²) in [5, 5.41) is 10.9. The first-order chi connectivity index (χ1) is 15.2. The van der Waals surface area contributed by atoms with Crippen molar-refractivity contribution in [2.45, 2.75) is 66.2 Å². The van der Waals surface area contributed by atoms with E-state index >= 15 is 0 Å². The fourth-order valence-corrected chi connectivity index (χ4v) is 4.74. The Balaban J connectivity index is 0.000000423. The van der Waals surface area contributed by atoms with Crippen molar-refractivity contribution >= 4 is 16.6 Å². The van der Waals surface area contributed by atoms with Crippen LogP contribution in [-0.4, -0.2) is 15.9 Å². The Bertz CT molecular complexity index is 1110. The quantitative estimate of drug-likeness (QED) is 0.185. The summed E-state index contributed by atoms with van der Waals surface area (Å²) >= 11 is 0. The molecule has 0 amide bonds. The zero-order chi connectivity index (χ0) is 23.3. The van der Waals surface area contributed by atoms with Crippen molar-refractivity contribution in [2.75, 3.05) is 0 Å². The van der Waals surface area contributed by atoms with Crippen LogP contribution in [-0.2, 0) is 24.9 Å². The molecule has 1 heterocycles. The number of carbonyl (C=O) groups is 1. The van der Waals surface area contributed by atoms with E-state index in [0.717, 1.165) is 17.2 Å². The number of hydrogen-bond donors (Lipinski definition) is 1. The number of ketones is 1. The standard InChI is InChI=1S/C24H26N.C5H8O2.Ir/c1-16-12-17(2)14-22(13-16)24-23-9-8-20(15-21(23)10-11-25-24)18(3)19-6-4-5-7-19;1-4(6)3-5(2)7;/h8-13,15,18-19H,4-7H2,1-3H3;3,6H,1-2H3;/q-1;;/b;4-3-;. The normalized spacial score (nSPS) is 14.9. The Morgan fingerprint density at radius 2 is 1.82 bits per heavy atom. The molecule has 1 saturated carbocycles. The van der Waals surface area contributed by atoms with E-state index in [2.05, 4.69) is 68.2 Å². The molecular weight excluding hydrogens is 587 g/mol. The molecule has 177 valence electrons. The third-order valence-corrected chi connectivity index (χ3v) is 6.24. The Morgan fingerprint density at radius 3 is 2.39 bits per heavy atom. The minimum absolute atomic E-state index is 0. The third-order valence-electron chi connectivity index (χ3n) is 6.24. The van der Waals surface area contributed by atoms with E-state index < -0.39 is 0 Å². The molecule has 0 saturated heterocycles. The minimum Gasteiger partial charge on any atom is -0.512 e. The van der Waals surface area contributed by atoms with Crippen LogP contribution in [0.2, 0.25) is 0 Å². The first-order valence-electron chi connectivity index (χ1n) is 11.5. The summed E-state index contributed by atoms with van der Waals surface area (Å²) < 4.78 is 0. The van der Waals surface area contributed by atoms with Crippen molar-refractivity contribution < 1.29 is 30.0 Å². The number of aliphatic hydroxyl groups excluding tert-OH is 1. The molecule has 1 aliphatic carbocycles. The van der Waals surface area contributed by atoms with E-state index in [-0.39, 0.29) is 31.6 Å². The van der Waals surface area contributed by atoms with Crippen molar-refractivity contribution in [3.05, 3.63) is 77.2 Å². The molecule has 1 aromatic heterocycles. The van der Waals surface area contributed by atoms with Gasteiger partial charge in [-0.2, -0.15) is 0 Å². The number of hydrogen-bond acceptors (Lipinski definition) is 3. The average Bonchev–Trinajstić information content (AvgIpc) is 3.26. The predicted molar refractivity (Wildman–Crippen MR) is 133 cm³/mol. The van der Waals surface area contributed by atoms with Crippen molar-refractivity contribution in [3.63, 3.8) is 0 Å². The molecule has 2 aromatic carbocycles. The van der Waals surface area contributed by atoms with E-state index in [1.807, 2.05) is 6.20 Å². The molecule has 4 heteroatoms. The maximum atomic E-state index is 10.0. The molecule has 0 spiro atoms. The van der Waals surface area contributed by atoms with Crippen LogP contribution in [0.4, 0.5) is 0 Å². The Morgan fingerprint density at radius 1 is 1.12 bits per heavy atom. The second kappa shape index (κ2) is 12.3. The van der Waals surface area contributed by atoms with Crippen molar-refractivity contribution in [1.82, 2.24) is 4.98 Å². The molecule has 1 atom stereocenters. The molecule has 4 rings (SSSR count). The number of aryl methyl sites for hydroxylation is 2. The first kappa shape index (κ1) is 27.0. The van der Waals surface area contributed by atoms with Gasteiger partial charge in [0.15, 0.2) is 5.78 Å². The Kier molecular flexibility index (Phi) is 10.0. The SMILES string of the molecule is CC(=O)/C=C(/C)O.Cc1[c-]c(-c2nccc3cc(C(C)C4CCCC4)ccc23)cc(C)c1.[Ir]. The van der Waals surface area contributed by atoms with Crippen LogP contribution in [0.25, 0.3) is 22.0 Å². The van der Waals surface area contributed by atoms with Crippen LogP contribution < -0.4 is 0 Å². The van der Waals surface area contributed by atoms with Gasteiger partial charge in [-0.05, 0) is 66.6 Å². The van der Waals surface area contributed by atoms with Gasteiger partial charge < -0.3 is 10.1 Å². The van der Waals surface area contributed by atoms with Crippen LogP contribution in [0.3, 0.4) is 0 Å². The zero-order valence-electron chi connectivity index (χ0n) is 20.2. The summed E-state index contributed by atoms with van der Waals surface area (Å²) in [4.78, 5) is 14.7. The van der Waals surface area contributed by atoms with Gasteiger partial charge in [0.05, 0.1) is 5.76 Å². The van der Waals surface area contributed by atoms with Gasteiger partial charge in [0, 0.05) is 32.4 Å². The van der Waals surface area contributed by atoms with Gasteiger partial charge in [-0.1, -0.05) is 51.8 Å². The van der Waals surface area contributed by atoms with Crippen molar-refractivity contribution in [1.29, 1.82) is 0 Å². The molecule has 1 aliphatic rings. The number of aliphatic hydroxyl groups is 1. The third kappa shape index (κ3) is 7.35. The minimum atomic E-state index is -0.125. The van der Waals surface area contributed by atoms with Crippen LogP contribution in [0.1, 0.15) is 69.1 Å². The molecule has 3 nitrogen and oxygen atoms in total. The monoisotopic (exact) mass is 621 g/mol. The topological polar surface area (TPSA) is 50.2 Å². The second-order valence-electron chi connectivity index (χ2n) is 9.12. The summed E-state index contributed by atoms with van der Waals surface area (Å²) in [6, 6.07) is 16.9. The van der Waals surface area contributed by atoms with E-state index in [1.54, 1.807) is 0 Å². The van der Waals surface area contributed by atoms with Gasteiger partial charge in [-0.15, -0.1) is 34.9 Å². The Hall–Kier alpha value is -2.29. The number of carbonyl (C=O) groups excluding carboxylic acids is 1. The number of benzene rings is 2. The fraction of sp³-hybridized carbons (Fsp3) is 0.379. The van der Waals surface area contributed by atoms with Crippen molar-refractivity contribution in [2.24, 2.45) is 5.92 Å². The average molecular weight is 621 g/mol. The number of aromatic nitrogens is 1. The molecule has 1 fully saturated rings. The van der Waals surface area contributed by atoms with Crippen LogP contribution in [0.5, 0.6) is 0 Å². The molecular formula is C29H34IrNO2-. The number of allylic oxidation sites excluding steroid dienone is 2. The molecule has 1 radical (unpaired) electrons. The number of rotatable bonds is 4. The fourth-order valence-electron chi connectivity index (χ4n) is 4.74. The largest absolute Gasteiger partial charge is 0.512 e. The van der Waals surface area contributed by atoms with E-state index in [9.17, 15) is 4.79 Å². The van der Waals surface area contributed by atoms with Crippen LogP contribution in [0, 0.1) is 25.8 Å². The first-order valence-corrected chi connectivity index (χ1v) is 11.5. The maximum absolute atomic E-state index is 10.0. The molecule has 33 heavy (non-hydrogen) atoms. The second-order valence-corrected chi connectivity index (χ2v) is 9.12. The summed E-state index contributed by atoms with van der Waals surface area (Å²) in [5.74, 6) is 1.44. The van der Waals surface area contributed by atoms with Crippen LogP contribution in [0.15, 0.2) is 54.4 Å². The van der Waals surface area contributed by atoms with Gasteiger partial charge >= 0.3 is 0 Å². The van der Waals surface area contributed by atoms with Gasteiger partial charge in [0.25, 0.3) is 0 Å². The van der Waals surface area contributed by atoms with E-state index in [0.29, 0.717) is 5.92 Å². The number of pyridine rings is 1. The summed E-state index contributed by atoms with van der Waals surface area (Å²) in [6.07, 6.45) is 8.68. The number of nitrogens with zero attached hydrogens (tertiary/aromatic N) is 1. The predicted octanol–water partition coefficient (Wildman–Crippen LogP) is 7.65. The Labute approximate surface area is 211 Å². The molecule has 0 bridgehead atoms. The van der Waals surface area contributed by atoms with Gasteiger partial charge in [0.2, 0.25) is 0 Å². The van der Waals surface area contributed by atoms with Gasteiger partial charge in [0.1, 0.15) is 0 Å². The summed E-state index contributed by atoms with van der Waals surface area (Å²) in [6.45, 7) is 9.48. The zero-order valence-corrected chi connectivity index (χ0v) is 22.6. The maximum Gasteiger partial charge on any atom is 0.155 e. The summed E-state index contributed by atoms with van der Waals surface area (Å²) in [7, 11) is 0. The molecule has 1 N–H and O–H groups in total. The molecule has 0 aliphatic heterocycles. The van der Waals surface area contributed by atoms with E-state index in [1.165, 1.54) is 73.1 Å². The van der Waals surface area contributed by atoms with E-state index in [4.69, 9.17) is 5.11 Å². The van der Waals surface area contributed by atoms with Crippen LogP contribution >= 0.6 is 0 Å². The molecule has 1 unspecified atom stereocenters. The van der Waals surface area contributed by atoms with Gasteiger partial charge in [-0.25, -0.2) is 0 Å². The molecule has 3 aromatic rings. The van der Waals surface area contributed by atoms with Crippen molar-refractivity contribution in [3.8, 4) is 11.3 Å². The number of fused-ring (bicyclic) bond motifs is 1. The summed E-state index contributed by atoms with van der Waals surface area (Å²) in [5.41, 5.74) is 6.04. The smallest absolute Gasteiger partial charge is 0.155 e.